The summed E-state index contributed by atoms with van der Waals surface area (Å²) in [6, 6.07) is 7.93. The molecule has 4 nitrogen and oxygen atoms in total. The van der Waals surface area contributed by atoms with Gasteiger partial charge in [-0.2, -0.15) is 0 Å². The van der Waals surface area contributed by atoms with Gasteiger partial charge in [0, 0.05) is 14.6 Å². The molecule has 112 valence electrons. The summed E-state index contributed by atoms with van der Waals surface area (Å²) in [5, 5.41) is 0.107. The largest absolute Gasteiger partial charge is 0.399 e. The standard InChI is InChI=1S/C13H11Br2ClN2O2S/c1-7-4-9(14)13(10(15)5-7)18-21(19,20)12-6-8(17)2-3-11(12)16/h2-6,18H,17H2,1H3. The molecule has 0 aliphatic carbocycles. The van der Waals surface area contributed by atoms with Crippen molar-refractivity contribution in [2.75, 3.05) is 10.5 Å². The lowest BCUT2D eigenvalue weighted by Gasteiger charge is -2.13. The Hall–Kier alpha value is -0.760. The second kappa shape index (κ2) is 6.16. The molecular formula is C13H11Br2ClN2O2S. The zero-order valence-electron chi connectivity index (χ0n) is 10.8. The van der Waals surface area contributed by atoms with Gasteiger partial charge in [0.2, 0.25) is 0 Å². The molecule has 0 amide bonds. The lowest BCUT2D eigenvalue weighted by molar-refractivity contribution is 0.601. The molecule has 0 atom stereocenters. The van der Waals surface area contributed by atoms with E-state index in [1.807, 2.05) is 19.1 Å². The van der Waals surface area contributed by atoms with Crippen LogP contribution < -0.4 is 10.5 Å². The first kappa shape index (κ1) is 16.6. The summed E-state index contributed by atoms with van der Waals surface area (Å²) in [5.41, 5.74) is 7.34. The van der Waals surface area contributed by atoms with Crippen LogP contribution in [0.1, 0.15) is 5.56 Å². The number of rotatable bonds is 3. The molecule has 0 fully saturated rings. The monoisotopic (exact) mass is 452 g/mol. The number of nitrogen functional groups attached to an aromatic ring is 1. The number of nitrogens with two attached hydrogens (primary N) is 1. The average Bonchev–Trinajstić information content (AvgIpc) is 2.36. The molecule has 3 N–H and O–H groups in total. The number of nitrogens with one attached hydrogen (secondary N) is 1. The minimum absolute atomic E-state index is 0.0662. The van der Waals surface area contributed by atoms with Crippen molar-refractivity contribution in [2.24, 2.45) is 0 Å². The van der Waals surface area contributed by atoms with Crippen molar-refractivity contribution >= 4 is 64.9 Å². The molecule has 0 bridgehead atoms. The summed E-state index contributed by atoms with van der Waals surface area (Å²) >= 11 is 12.6. The number of aryl methyl sites for hydroxylation is 1. The van der Waals surface area contributed by atoms with Gasteiger partial charge in [0.25, 0.3) is 10.0 Å². The topological polar surface area (TPSA) is 72.2 Å². The summed E-state index contributed by atoms with van der Waals surface area (Å²) in [7, 11) is -3.85. The van der Waals surface area contributed by atoms with E-state index in [0.29, 0.717) is 20.3 Å². The molecule has 0 saturated heterocycles. The van der Waals surface area contributed by atoms with Crippen LogP contribution in [0.4, 0.5) is 11.4 Å². The third-order valence-electron chi connectivity index (χ3n) is 2.67. The summed E-state index contributed by atoms with van der Waals surface area (Å²) in [4.78, 5) is -0.0662. The fraction of sp³-hybridized carbons (Fsp3) is 0.0769. The maximum atomic E-state index is 12.5. The van der Waals surface area contributed by atoms with Gasteiger partial charge >= 0.3 is 0 Å². The Labute approximate surface area is 145 Å². The number of hydrogen-bond acceptors (Lipinski definition) is 3. The maximum Gasteiger partial charge on any atom is 0.263 e. The lowest BCUT2D eigenvalue weighted by atomic mass is 10.2. The minimum Gasteiger partial charge on any atom is -0.399 e. The van der Waals surface area contributed by atoms with Gasteiger partial charge in [0.15, 0.2) is 0 Å². The summed E-state index contributed by atoms with van der Waals surface area (Å²) in [6.07, 6.45) is 0. The molecule has 21 heavy (non-hydrogen) atoms. The van der Waals surface area contributed by atoms with Crippen LogP contribution in [0.25, 0.3) is 0 Å². The second-order valence-electron chi connectivity index (χ2n) is 4.40. The van der Waals surface area contributed by atoms with Crippen LogP contribution in [-0.4, -0.2) is 8.42 Å². The number of hydrogen-bond donors (Lipinski definition) is 2. The van der Waals surface area contributed by atoms with Crippen LogP contribution in [-0.2, 0) is 10.0 Å². The van der Waals surface area contributed by atoms with Crippen molar-refractivity contribution in [2.45, 2.75) is 11.8 Å². The average molecular weight is 455 g/mol. The van der Waals surface area contributed by atoms with Gasteiger partial charge < -0.3 is 5.73 Å². The fourth-order valence-electron chi connectivity index (χ4n) is 1.71. The molecule has 2 aromatic rings. The number of anilines is 2. The van der Waals surface area contributed by atoms with Crippen LogP contribution >= 0.6 is 43.5 Å². The molecule has 0 aliphatic rings. The van der Waals surface area contributed by atoms with Crippen LogP contribution in [0.15, 0.2) is 44.2 Å². The minimum atomic E-state index is -3.85. The fourth-order valence-corrected chi connectivity index (χ4v) is 5.23. The smallest absolute Gasteiger partial charge is 0.263 e. The van der Waals surface area contributed by atoms with Crippen molar-refractivity contribution in [1.29, 1.82) is 0 Å². The van der Waals surface area contributed by atoms with E-state index >= 15 is 0 Å². The van der Waals surface area contributed by atoms with Crippen molar-refractivity contribution in [1.82, 2.24) is 0 Å². The van der Waals surface area contributed by atoms with E-state index in [4.69, 9.17) is 17.3 Å². The van der Waals surface area contributed by atoms with E-state index in [-0.39, 0.29) is 9.92 Å². The third-order valence-corrected chi connectivity index (χ3v) is 5.75. The predicted octanol–water partition coefficient (Wildman–Crippen LogP) is 4.56. The van der Waals surface area contributed by atoms with Crippen LogP contribution in [0.5, 0.6) is 0 Å². The van der Waals surface area contributed by atoms with Crippen molar-refractivity contribution in [3.05, 3.63) is 49.9 Å². The van der Waals surface area contributed by atoms with Crippen molar-refractivity contribution in [3.8, 4) is 0 Å². The summed E-state index contributed by atoms with van der Waals surface area (Å²) < 4.78 is 28.7. The van der Waals surface area contributed by atoms with E-state index in [0.717, 1.165) is 5.56 Å². The second-order valence-corrected chi connectivity index (χ2v) is 8.17. The highest BCUT2D eigenvalue weighted by molar-refractivity contribution is 9.11. The Kier molecular flexibility index (Phi) is 4.87. The predicted molar refractivity (Wildman–Crippen MR) is 93.3 cm³/mol. The molecule has 0 aliphatic heterocycles. The Morgan fingerprint density at radius 3 is 2.29 bits per heavy atom. The van der Waals surface area contributed by atoms with Gasteiger partial charge in [-0.25, -0.2) is 8.42 Å². The van der Waals surface area contributed by atoms with E-state index < -0.39 is 10.0 Å². The molecular weight excluding hydrogens is 443 g/mol. The van der Waals surface area contributed by atoms with Gasteiger partial charge in [0.05, 0.1) is 10.7 Å². The Morgan fingerprint density at radius 2 is 1.71 bits per heavy atom. The summed E-state index contributed by atoms with van der Waals surface area (Å²) in [6.45, 7) is 1.91. The molecule has 0 aromatic heterocycles. The quantitative estimate of drug-likeness (QED) is 0.668. The Balaban J connectivity index is 2.50. The van der Waals surface area contributed by atoms with E-state index in [1.54, 1.807) is 6.07 Å². The summed E-state index contributed by atoms with van der Waals surface area (Å²) in [5.74, 6) is 0. The maximum absolute atomic E-state index is 12.5. The highest BCUT2D eigenvalue weighted by Gasteiger charge is 2.21. The van der Waals surface area contributed by atoms with Crippen molar-refractivity contribution in [3.63, 3.8) is 0 Å². The van der Waals surface area contributed by atoms with Crippen LogP contribution in [0.2, 0.25) is 5.02 Å². The number of halogens is 3. The zero-order valence-corrected chi connectivity index (χ0v) is 15.6. The highest BCUT2D eigenvalue weighted by atomic mass is 79.9. The molecule has 0 heterocycles. The van der Waals surface area contributed by atoms with E-state index in [2.05, 4.69) is 36.6 Å². The molecule has 0 radical (unpaired) electrons. The van der Waals surface area contributed by atoms with Gasteiger partial charge in [-0.15, -0.1) is 0 Å². The van der Waals surface area contributed by atoms with E-state index in [1.165, 1.54) is 12.1 Å². The third kappa shape index (κ3) is 3.71. The van der Waals surface area contributed by atoms with Gasteiger partial charge in [-0.1, -0.05) is 11.6 Å². The van der Waals surface area contributed by atoms with Gasteiger partial charge in [-0.3, -0.25) is 4.72 Å². The van der Waals surface area contributed by atoms with Gasteiger partial charge in [-0.05, 0) is 74.7 Å². The molecule has 0 unspecified atom stereocenters. The molecule has 0 saturated carbocycles. The molecule has 2 aromatic carbocycles. The first-order valence-electron chi connectivity index (χ1n) is 5.74. The van der Waals surface area contributed by atoms with Crippen LogP contribution in [0.3, 0.4) is 0 Å². The van der Waals surface area contributed by atoms with E-state index in [9.17, 15) is 8.42 Å². The SMILES string of the molecule is Cc1cc(Br)c(NS(=O)(=O)c2cc(N)ccc2Cl)c(Br)c1. The molecule has 0 spiro atoms. The number of sulfonamides is 1. The normalized spacial score (nSPS) is 11.4. The highest BCUT2D eigenvalue weighted by Crippen LogP contribution is 2.35. The molecule has 8 heteroatoms. The van der Waals surface area contributed by atoms with Crippen molar-refractivity contribution < 1.29 is 8.42 Å². The Bertz CT molecular complexity index is 787. The van der Waals surface area contributed by atoms with Crippen LogP contribution in [0, 0.1) is 6.92 Å². The zero-order chi connectivity index (χ0) is 15.8. The number of benzene rings is 2. The first-order chi connectivity index (χ1) is 9.70. The lowest BCUT2D eigenvalue weighted by Crippen LogP contribution is -2.14. The molecule has 2 rings (SSSR count). The first-order valence-corrected chi connectivity index (χ1v) is 9.19. The Morgan fingerprint density at radius 1 is 1.14 bits per heavy atom. The van der Waals surface area contributed by atoms with Gasteiger partial charge in [0.1, 0.15) is 4.90 Å².